The summed E-state index contributed by atoms with van der Waals surface area (Å²) in [5, 5.41) is 1.20. The fourth-order valence-corrected chi connectivity index (χ4v) is 5.04. The van der Waals surface area contributed by atoms with Gasteiger partial charge < -0.3 is 0 Å². The van der Waals surface area contributed by atoms with E-state index in [4.69, 9.17) is 23.2 Å². The maximum absolute atomic E-state index is 12.4. The summed E-state index contributed by atoms with van der Waals surface area (Å²) in [6, 6.07) is 4.34. The fourth-order valence-electron chi connectivity index (χ4n) is 2.30. The number of sulfonamides is 1. The van der Waals surface area contributed by atoms with Gasteiger partial charge in [0.15, 0.2) is 0 Å². The largest absolute Gasteiger partial charge is 0.241 e. The number of rotatable bonds is 4. The molecule has 0 atom stereocenters. The van der Waals surface area contributed by atoms with Crippen LogP contribution in [0.4, 0.5) is 0 Å². The molecular weight excluding hydrogens is 373 g/mol. The van der Waals surface area contributed by atoms with Crippen molar-refractivity contribution in [1.82, 2.24) is 4.72 Å². The third-order valence-corrected chi connectivity index (χ3v) is 6.76. The molecule has 0 unspecified atom stereocenters. The van der Waals surface area contributed by atoms with E-state index < -0.39 is 10.0 Å². The first kappa shape index (κ1) is 15.6. The molecule has 0 heterocycles. The molecule has 0 amide bonds. The van der Waals surface area contributed by atoms with Crippen molar-refractivity contribution in [2.75, 3.05) is 5.33 Å². The van der Waals surface area contributed by atoms with Crippen molar-refractivity contribution in [2.45, 2.75) is 36.1 Å². The number of hydrogen-bond donors (Lipinski definition) is 1. The smallest absolute Gasteiger partial charge is 0.207 e. The van der Waals surface area contributed by atoms with Crippen molar-refractivity contribution in [2.24, 2.45) is 0 Å². The van der Waals surface area contributed by atoms with Crippen molar-refractivity contribution >= 4 is 49.2 Å². The summed E-state index contributed by atoms with van der Waals surface area (Å²) in [4.78, 5) is 0.147. The minimum Gasteiger partial charge on any atom is -0.207 e. The first-order valence-corrected chi connectivity index (χ1v) is 9.30. The summed E-state index contributed by atoms with van der Waals surface area (Å²) in [6.07, 6.45) is 3.77. The number of benzene rings is 1. The summed E-state index contributed by atoms with van der Waals surface area (Å²) in [5.41, 5.74) is -0.384. The first-order chi connectivity index (χ1) is 8.88. The van der Waals surface area contributed by atoms with Gasteiger partial charge in [0.1, 0.15) is 0 Å². The van der Waals surface area contributed by atoms with E-state index in [9.17, 15) is 8.42 Å². The van der Waals surface area contributed by atoms with Gasteiger partial charge in [-0.05, 0) is 31.0 Å². The number of hydrogen-bond acceptors (Lipinski definition) is 2. The molecule has 0 radical (unpaired) electrons. The van der Waals surface area contributed by atoms with E-state index in [1.807, 2.05) is 0 Å². The van der Waals surface area contributed by atoms with Gasteiger partial charge in [0.2, 0.25) is 10.0 Å². The Bertz CT molecular complexity index is 571. The van der Waals surface area contributed by atoms with Crippen molar-refractivity contribution in [3.63, 3.8) is 0 Å². The highest BCUT2D eigenvalue weighted by molar-refractivity contribution is 9.09. The zero-order chi connectivity index (χ0) is 14.1. The van der Waals surface area contributed by atoms with Crippen LogP contribution in [0.3, 0.4) is 0 Å². The van der Waals surface area contributed by atoms with Crippen LogP contribution < -0.4 is 4.72 Å². The summed E-state index contributed by atoms with van der Waals surface area (Å²) < 4.78 is 27.6. The Balaban J connectivity index is 2.29. The fraction of sp³-hybridized carbons (Fsp3) is 0.500. The molecule has 1 aliphatic rings. The van der Waals surface area contributed by atoms with Crippen LogP contribution in [0.15, 0.2) is 23.1 Å². The summed E-state index contributed by atoms with van der Waals surface area (Å²) >= 11 is 15.1. The third-order valence-electron chi connectivity index (χ3n) is 3.37. The lowest BCUT2D eigenvalue weighted by molar-refractivity contribution is 0.438. The van der Waals surface area contributed by atoms with E-state index in [1.165, 1.54) is 18.2 Å². The van der Waals surface area contributed by atoms with Crippen LogP contribution in [0.25, 0.3) is 0 Å². The second-order valence-corrected chi connectivity index (χ2v) is 7.86. The average Bonchev–Trinajstić information content (AvgIpc) is 2.81. The highest BCUT2D eigenvalue weighted by Gasteiger charge is 2.37. The van der Waals surface area contributed by atoms with E-state index in [2.05, 4.69) is 20.7 Å². The van der Waals surface area contributed by atoms with Crippen LogP contribution in [0, 0.1) is 0 Å². The molecule has 0 aliphatic heterocycles. The van der Waals surface area contributed by atoms with Gasteiger partial charge in [-0.25, -0.2) is 13.1 Å². The molecule has 0 saturated heterocycles. The van der Waals surface area contributed by atoms with Gasteiger partial charge in [-0.2, -0.15) is 0 Å². The van der Waals surface area contributed by atoms with Crippen molar-refractivity contribution in [1.29, 1.82) is 0 Å². The SMILES string of the molecule is O=S(=O)(NC1(CBr)CCCC1)c1ccc(Cl)c(Cl)c1. The maximum Gasteiger partial charge on any atom is 0.241 e. The minimum absolute atomic E-state index is 0.147. The Hall–Kier alpha value is 0.190. The normalized spacial score (nSPS) is 18.7. The molecular formula is C12H14BrCl2NO2S. The zero-order valence-electron chi connectivity index (χ0n) is 10.1. The zero-order valence-corrected chi connectivity index (χ0v) is 14.0. The summed E-state index contributed by atoms with van der Waals surface area (Å²) in [7, 11) is -3.58. The standard InChI is InChI=1S/C12H14BrCl2NO2S/c13-8-12(5-1-2-6-12)16-19(17,18)9-3-4-10(14)11(15)7-9/h3-4,7,16H,1-2,5-6,8H2. The van der Waals surface area contributed by atoms with Crippen molar-refractivity contribution in [3.8, 4) is 0 Å². The molecule has 1 fully saturated rings. The quantitative estimate of drug-likeness (QED) is 0.795. The van der Waals surface area contributed by atoms with Crippen LogP contribution in [-0.4, -0.2) is 19.3 Å². The molecule has 2 rings (SSSR count). The second-order valence-electron chi connectivity index (χ2n) is 4.80. The van der Waals surface area contributed by atoms with E-state index in [1.54, 1.807) is 0 Å². The van der Waals surface area contributed by atoms with Gasteiger partial charge in [0, 0.05) is 10.9 Å². The number of nitrogens with one attached hydrogen (secondary N) is 1. The topological polar surface area (TPSA) is 46.2 Å². The average molecular weight is 387 g/mol. The van der Waals surface area contributed by atoms with Crippen LogP contribution >= 0.6 is 39.1 Å². The molecule has 0 spiro atoms. The lowest BCUT2D eigenvalue weighted by Crippen LogP contribution is -2.47. The molecule has 0 bridgehead atoms. The molecule has 19 heavy (non-hydrogen) atoms. The van der Waals surface area contributed by atoms with E-state index >= 15 is 0 Å². The molecule has 1 saturated carbocycles. The predicted molar refractivity (Wildman–Crippen MR) is 81.8 cm³/mol. The molecule has 3 nitrogen and oxygen atoms in total. The van der Waals surface area contributed by atoms with E-state index in [0.717, 1.165) is 25.7 Å². The van der Waals surface area contributed by atoms with E-state index in [0.29, 0.717) is 10.4 Å². The second kappa shape index (κ2) is 5.90. The Morgan fingerprint density at radius 1 is 1.21 bits per heavy atom. The predicted octanol–water partition coefficient (Wildman–Crippen LogP) is 3.98. The molecule has 1 aromatic rings. The molecule has 1 N–H and O–H groups in total. The Kier molecular flexibility index (Phi) is 4.83. The Morgan fingerprint density at radius 3 is 2.37 bits per heavy atom. The molecule has 1 aliphatic carbocycles. The monoisotopic (exact) mass is 385 g/mol. The van der Waals surface area contributed by atoms with Gasteiger partial charge in [-0.3, -0.25) is 0 Å². The Labute approximate surface area is 131 Å². The van der Waals surface area contributed by atoms with Gasteiger partial charge in [0.05, 0.1) is 14.9 Å². The first-order valence-electron chi connectivity index (χ1n) is 5.94. The Morgan fingerprint density at radius 2 is 1.84 bits per heavy atom. The van der Waals surface area contributed by atoms with Gasteiger partial charge in [-0.1, -0.05) is 52.0 Å². The number of alkyl halides is 1. The van der Waals surface area contributed by atoms with Crippen LogP contribution in [-0.2, 0) is 10.0 Å². The van der Waals surface area contributed by atoms with Crippen LogP contribution in [0.5, 0.6) is 0 Å². The third kappa shape index (κ3) is 3.45. The lowest BCUT2D eigenvalue weighted by Gasteiger charge is -2.27. The van der Waals surface area contributed by atoms with Crippen molar-refractivity contribution in [3.05, 3.63) is 28.2 Å². The van der Waals surface area contributed by atoms with Crippen molar-refractivity contribution < 1.29 is 8.42 Å². The van der Waals surface area contributed by atoms with Gasteiger partial charge in [-0.15, -0.1) is 0 Å². The van der Waals surface area contributed by atoms with Gasteiger partial charge >= 0.3 is 0 Å². The van der Waals surface area contributed by atoms with Crippen LogP contribution in [0.2, 0.25) is 10.0 Å². The maximum atomic E-state index is 12.4. The van der Waals surface area contributed by atoms with Gasteiger partial charge in [0.25, 0.3) is 0 Å². The summed E-state index contributed by atoms with van der Waals surface area (Å²) in [6.45, 7) is 0. The molecule has 106 valence electrons. The van der Waals surface area contributed by atoms with Crippen LogP contribution in [0.1, 0.15) is 25.7 Å². The lowest BCUT2D eigenvalue weighted by atomic mass is 10.0. The highest BCUT2D eigenvalue weighted by Crippen LogP contribution is 2.33. The molecule has 0 aromatic heterocycles. The molecule has 7 heteroatoms. The minimum atomic E-state index is -3.58. The molecule has 1 aromatic carbocycles. The van der Waals surface area contributed by atoms with E-state index in [-0.39, 0.29) is 15.5 Å². The summed E-state index contributed by atoms with van der Waals surface area (Å²) in [5.74, 6) is 0. The number of halogens is 3. The highest BCUT2D eigenvalue weighted by atomic mass is 79.9.